The third kappa shape index (κ3) is 3.40. The molecule has 0 aromatic heterocycles. The van der Waals surface area contributed by atoms with Crippen molar-refractivity contribution in [2.45, 2.75) is 24.1 Å². The molecule has 4 rings (SSSR count). The summed E-state index contributed by atoms with van der Waals surface area (Å²) in [5.41, 5.74) is 1.49. The summed E-state index contributed by atoms with van der Waals surface area (Å²) in [6.45, 7) is 0.823. The minimum Gasteiger partial charge on any atom is -0.454 e. The number of likely N-dealkylation sites (tertiary alicyclic amines) is 1. The van der Waals surface area contributed by atoms with Gasteiger partial charge in [-0.05, 0) is 36.8 Å². The number of aryl methyl sites for hydroxylation is 1. The van der Waals surface area contributed by atoms with Crippen molar-refractivity contribution in [3.05, 3.63) is 29.8 Å². The highest BCUT2D eigenvalue weighted by Gasteiger charge is 2.66. The van der Waals surface area contributed by atoms with Crippen LogP contribution in [0.25, 0.3) is 0 Å². The number of ether oxygens (including phenoxy) is 1. The van der Waals surface area contributed by atoms with E-state index >= 15 is 0 Å². The number of nitrogens with zero attached hydrogens (tertiary/aromatic N) is 1. The van der Waals surface area contributed by atoms with E-state index in [9.17, 15) is 19.2 Å². The molecule has 2 saturated carbocycles. The Balaban J connectivity index is 1.32. The van der Waals surface area contributed by atoms with Crippen LogP contribution in [0.15, 0.2) is 24.3 Å². The first kappa shape index (κ1) is 20.2. The summed E-state index contributed by atoms with van der Waals surface area (Å²) in [5.74, 6) is -3.44. The number of carbonyl (C=O) groups is 4. The number of fused-ring (bicyclic) bond motifs is 5. The first-order valence-electron chi connectivity index (χ1n) is 9.44. The van der Waals surface area contributed by atoms with Crippen LogP contribution in [-0.4, -0.2) is 52.5 Å². The fourth-order valence-corrected chi connectivity index (χ4v) is 5.68. The Hall–Kier alpha value is -2.12. The van der Waals surface area contributed by atoms with E-state index < -0.39 is 48.7 Å². The minimum absolute atomic E-state index is 0.147. The minimum atomic E-state index is -0.816. The Morgan fingerprint density at radius 1 is 1.10 bits per heavy atom. The number of hydrogen-bond donors (Lipinski definition) is 1. The number of rotatable bonds is 5. The van der Waals surface area contributed by atoms with Gasteiger partial charge in [0.2, 0.25) is 11.8 Å². The molecule has 3 fully saturated rings. The lowest BCUT2D eigenvalue weighted by Crippen LogP contribution is -2.38. The van der Waals surface area contributed by atoms with Crippen LogP contribution in [0.2, 0.25) is 0 Å². The third-order valence-electron chi connectivity index (χ3n) is 6.15. The monoisotopic (exact) mass is 438 g/mol. The fourth-order valence-electron chi connectivity index (χ4n) is 4.79. The smallest absolute Gasteiger partial charge is 0.326 e. The SMILES string of the molecule is Cc1ccccc1NC(=O)COC(=O)CN1C(=O)[C@@H]2[C@H]3C[C@@H]([C@@H](Cl)[C@H]3Cl)[C@H]2C1=O. The number of amides is 3. The maximum atomic E-state index is 12.7. The van der Waals surface area contributed by atoms with E-state index in [1.807, 2.05) is 19.1 Å². The molecule has 0 radical (unpaired) electrons. The fraction of sp³-hybridized carbons (Fsp3) is 0.500. The average molecular weight is 439 g/mol. The summed E-state index contributed by atoms with van der Waals surface area (Å²) in [4.78, 5) is 50.5. The highest BCUT2D eigenvalue weighted by molar-refractivity contribution is 6.31. The van der Waals surface area contributed by atoms with Crippen molar-refractivity contribution >= 4 is 52.6 Å². The quantitative estimate of drug-likeness (QED) is 0.430. The molecule has 1 heterocycles. The molecule has 1 aromatic carbocycles. The number of alkyl halides is 2. The second-order valence-corrected chi connectivity index (χ2v) is 8.80. The first-order valence-corrected chi connectivity index (χ1v) is 10.3. The van der Waals surface area contributed by atoms with E-state index in [1.54, 1.807) is 12.1 Å². The van der Waals surface area contributed by atoms with Gasteiger partial charge in [0.15, 0.2) is 6.61 Å². The molecule has 2 aliphatic carbocycles. The highest BCUT2D eigenvalue weighted by atomic mass is 35.5. The van der Waals surface area contributed by atoms with Gasteiger partial charge in [0.05, 0.1) is 22.6 Å². The van der Waals surface area contributed by atoms with Crippen LogP contribution in [0, 0.1) is 30.6 Å². The average Bonchev–Trinajstić information content (AvgIpc) is 3.29. The Bertz CT molecular complexity index is 859. The number of esters is 1. The number of para-hydroxylation sites is 1. The molecule has 1 saturated heterocycles. The zero-order valence-electron chi connectivity index (χ0n) is 15.6. The first-order chi connectivity index (χ1) is 13.8. The maximum Gasteiger partial charge on any atom is 0.326 e. The number of halogens is 2. The number of anilines is 1. The zero-order chi connectivity index (χ0) is 20.9. The molecule has 3 amide bonds. The van der Waals surface area contributed by atoms with Gasteiger partial charge in [0, 0.05) is 5.69 Å². The molecule has 6 atom stereocenters. The zero-order valence-corrected chi connectivity index (χ0v) is 17.2. The normalized spacial score (nSPS) is 32.4. The van der Waals surface area contributed by atoms with Gasteiger partial charge in [-0.15, -0.1) is 23.2 Å². The van der Waals surface area contributed by atoms with Crippen molar-refractivity contribution < 1.29 is 23.9 Å². The van der Waals surface area contributed by atoms with Crippen molar-refractivity contribution in [3.8, 4) is 0 Å². The Labute approximate surface area is 177 Å². The molecule has 0 spiro atoms. The lowest BCUT2D eigenvalue weighted by Gasteiger charge is -2.28. The second-order valence-electron chi connectivity index (χ2n) is 7.79. The third-order valence-corrected chi connectivity index (χ3v) is 7.47. The second kappa shape index (κ2) is 7.61. The topological polar surface area (TPSA) is 92.8 Å². The van der Waals surface area contributed by atoms with Crippen molar-refractivity contribution in [2.75, 3.05) is 18.5 Å². The Morgan fingerprint density at radius 3 is 2.28 bits per heavy atom. The number of hydrogen-bond acceptors (Lipinski definition) is 5. The van der Waals surface area contributed by atoms with Gasteiger partial charge in [-0.2, -0.15) is 0 Å². The van der Waals surface area contributed by atoms with Crippen LogP contribution in [0.4, 0.5) is 5.69 Å². The molecule has 0 unspecified atom stereocenters. The van der Waals surface area contributed by atoms with E-state index in [1.165, 1.54) is 0 Å². The number of benzene rings is 1. The lowest BCUT2D eigenvalue weighted by molar-refractivity contribution is -0.154. The van der Waals surface area contributed by atoms with Gasteiger partial charge in [-0.25, -0.2) is 0 Å². The van der Waals surface area contributed by atoms with E-state index in [0.717, 1.165) is 10.5 Å². The Morgan fingerprint density at radius 2 is 1.69 bits per heavy atom. The number of carbonyl (C=O) groups excluding carboxylic acids is 4. The van der Waals surface area contributed by atoms with Gasteiger partial charge in [-0.1, -0.05) is 18.2 Å². The van der Waals surface area contributed by atoms with Gasteiger partial charge in [0.25, 0.3) is 5.91 Å². The van der Waals surface area contributed by atoms with Crippen molar-refractivity contribution in [1.82, 2.24) is 4.90 Å². The van der Waals surface area contributed by atoms with Crippen molar-refractivity contribution in [1.29, 1.82) is 0 Å². The molecule has 3 aliphatic rings. The molecule has 1 aromatic rings. The summed E-state index contributed by atoms with van der Waals surface area (Å²) in [6.07, 6.45) is 0.659. The van der Waals surface area contributed by atoms with Crippen LogP contribution >= 0.6 is 23.2 Å². The van der Waals surface area contributed by atoms with E-state index in [4.69, 9.17) is 27.9 Å². The molecular formula is C20H20Cl2N2O5. The molecule has 154 valence electrons. The van der Waals surface area contributed by atoms with Crippen LogP contribution in [0.1, 0.15) is 12.0 Å². The lowest BCUT2D eigenvalue weighted by atomic mass is 9.80. The molecule has 29 heavy (non-hydrogen) atoms. The Kier molecular flexibility index (Phi) is 5.29. The number of imide groups is 1. The van der Waals surface area contributed by atoms with Gasteiger partial charge in [-0.3, -0.25) is 24.1 Å². The van der Waals surface area contributed by atoms with Crippen LogP contribution in [0.3, 0.4) is 0 Å². The van der Waals surface area contributed by atoms with Crippen LogP contribution < -0.4 is 5.32 Å². The standard InChI is InChI=1S/C20H20Cl2N2O5/c1-9-4-2-3-5-12(9)23-13(25)8-29-14(26)7-24-19(27)15-10-6-11(16(15)20(24)28)18(22)17(10)21/h2-5,10-11,15-18H,6-8H2,1H3,(H,23,25)/t10-,11-,15-,16-,17-,18+/m1/s1. The van der Waals surface area contributed by atoms with Gasteiger partial charge < -0.3 is 10.1 Å². The highest BCUT2D eigenvalue weighted by Crippen LogP contribution is 2.59. The number of nitrogens with one attached hydrogen (secondary N) is 1. The van der Waals surface area contributed by atoms with Crippen LogP contribution in [0.5, 0.6) is 0 Å². The summed E-state index contributed by atoms with van der Waals surface area (Å²) >= 11 is 12.6. The maximum absolute atomic E-state index is 12.7. The summed E-state index contributed by atoms with van der Waals surface area (Å²) in [6, 6.07) is 7.19. The summed E-state index contributed by atoms with van der Waals surface area (Å²) in [7, 11) is 0. The molecule has 7 nitrogen and oxygen atoms in total. The molecule has 9 heteroatoms. The summed E-state index contributed by atoms with van der Waals surface area (Å²) < 4.78 is 4.96. The predicted molar refractivity (Wildman–Crippen MR) is 105 cm³/mol. The van der Waals surface area contributed by atoms with E-state index in [0.29, 0.717) is 12.1 Å². The van der Waals surface area contributed by atoms with Gasteiger partial charge in [0.1, 0.15) is 6.54 Å². The van der Waals surface area contributed by atoms with Gasteiger partial charge >= 0.3 is 5.97 Å². The molecule has 1 aliphatic heterocycles. The van der Waals surface area contributed by atoms with Crippen LogP contribution in [-0.2, 0) is 23.9 Å². The molecule has 2 bridgehead atoms. The molecular weight excluding hydrogens is 419 g/mol. The predicted octanol–water partition coefficient (Wildman–Crippen LogP) is 1.94. The van der Waals surface area contributed by atoms with Crippen molar-refractivity contribution in [2.24, 2.45) is 23.7 Å². The largest absolute Gasteiger partial charge is 0.454 e. The van der Waals surface area contributed by atoms with E-state index in [-0.39, 0.29) is 22.6 Å². The van der Waals surface area contributed by atoms with E-state index in [2.05, 4.69) is 5.32 Å². The summed E-state index contributed by atoms with van der Waals surface area (Å²) in [5, 5.41) is 1.95. The molecule has 1 N–H and O–H groups in total. The van der Waals surface area contributed by atoms with Crippen molar-refractivity contribution in [3.63, 3.8) is 0 Å².